The summed E-state index contributed by atoms with van der Waals surface area (Å²) in [6.45, 7) is 1.93. The van der Waals surface area contributed by atoms with Gasteiger partial charge in [-0.1, -0.05) is 13.3 Å². The van der Waals surface area contributed by atoms with E-state index < -0.39 is 45.5 Å². The number of rotatable bonds is 4. The van der Waals surface area contributed by atoms with E-state index in [0.29, 0.717) is 12.8 Å². The third-order valence-electron chi connectivity index (χ3n) is 4.92. The number of amides is 2. The molecule has 0 spiro atoms. The largest absolute Gasteiger partial charge is 0.416 e. The molecule has 0 bridgehead atoms. The highest BCUT2D eigenvalue weighted by atomic mass is 32.2. The van der Waals surface area contributed by atoms with Crippen LogP contribution in [-0.2, 0) is 21.0 Å². The Balaban J connectivity index is 1.92. The first-order chi connectivity index (χ1) is 13.0. The van der Waals surface area contributed by atoms with Gasteiger partial charge in [0.15, 0.2) is 0 Å². The van der Waals surface area contributed by atoms with Crippen molar-refractivity contribution in [1.29, 1.82) is 0 Å². The van der Waals surface area contributed by atoms with Gasteiger partial charge in [-0.2, -0.15) is 13.2 Å². The molecule has 2 aliphatic rings. The van der Waals surface area contributed by atoms with E-state index in [1.807, 2.05) is 6.92 Å². The zero-order valence-corrected chi connectivity index (χ0v) is 16.0. The van der Waals surface area contributed by atoms with Gasteiger partial charge in [0.2, 0.25) is 15.9 Å². The average molecular weight is 416 g/mol. The zero-order valence-electron chi connectivity index (χ0n) is 15.2. The van der Waals surface area contributed by atoms with Crippen molar-refractivity contribution in [2.45, 2.75) is 32.0 Å². The molecule has 152 valence electrons. The van der Waals surface area contributed by atoms with Crippen LogP contribution in [0.2, 0.25) is 0 Å². The number of benzene rings is 1. The highest BCUT2D eigenvalue weighted by Gasteiger charge is 2.53. The first-order valence-electron chi connectivity index (χ1n) is 8.69. The standard InChI is InChI=1S/C18H19F3N2O4S/c1-3-4-13-15-14(23(17(13)25)28(2,26)27)9-10-22(15)16(24)11-5-7-12(8-6-11)18(19,20)21/h5-9,13,15H,3-4,10H2,1-2H3/t13-,15-/m1/s1. The van der Waals surface area contributed by atoms with Gasteiger partial charge >= 0.3 is 6.18 Å². The fourth-order valence-electron chi connectivity index (χ4n) is 3.75. The summed E-state index contributed by atoms with van der Waals surface area (Å²) in [4.78, 5) is 26.9. The van der Waals surface area contributed by atoms with E-state index >= 15 is 0 Å². The first kappa shape index (κ1) is 20.4. The maximum atomic E-state index is 12.9. The van der Waals surface area contributed by atoms with Crippen molar-refractivity contribution in [3.05, 3.63) is 47.2 Å². The molecule has 1 fully saturated rings. The van der Waals surface area contributed by atoms with Crippen LogP contribution in [0.1, 0.15) is 35.7 Å². The minimum Gasteiger partial charge on any atom is -0.325 e. The number of sulfonamides is 1. The predicted molar refractivity (Wildman–Crippen MR) is 94.4 cm³/mol. The van der Waals surface area contributed by atoms with Crippen molar-refractivity contribution < 1.29 is 31.2 Å². The molecule has 0 N–H and O–H groups in total. The van der Waals surface area contributed by atoms with Gasteiger partial charge in [0.05, 0.1) is 29.5 Å². The number of halogens is 3. The number of nitrogens with zero attached hydrogens (tertiary/aromatic N) is 2. The molecule has 2 aliphatic heterocycles. The van der Waals surface area contributed by atoms with Gasteiger partial charge in [0.1, 0.15) is 0 Å². The quantitative estimate of drug-likeness (QED) is 0.756. The lowest BCUT2D eigenvalue weighted by Crippen LogP contribution is -2.41. The molecule has 3 rings (SSSR count). The van der Waals surface area contributed by atoms with Gasteiger partial charge in [-0.3, -0.25) is 9.59 Å². The maximum Gasteiger partial charge on any atom is 0.416 e. The molecule has 2 amide bonds. The summed E-state index contributed by atoms with van der Waals surface area (Å²) in [6, 6.07) is 3.08. The van der Waals surface area contributed by atoms with E-state index in [0.717, 1.165) is 34.8 Å². The van der Waals surface area contributed by atoms with Crippen LogP contribution >= 0.6 is 0 Å². The molecule has 0 unspecified atom stereocenters. The lowest BCUT2D eigenvalue weighted by molar-refractivity contribution is -0.137. The van der Waals surface area contributed by atoms with Crippen molar-refractivity contribution in [1.82, 2.24) is 9.21 Å². The van der Waals surface area contributed by atoms with Crippen molar-refractivity contribution in [3.8, 4) is 0 Å². The van der Waals surface area contributed by atoms with Crippen molar-refractivity contribution >= 4 is 21.8 Å². The molecule has 0 aromatic heterocycles. The molecule has 10 heteroatoms. The van der Waals surface area contributed by atoms with Crippen LogP contribution in [0.25, 0.3) is 0 Å². The van der Waals surface area contributed by atoms with Crippen LogP contribution in [0.3, 0.4) is 0 Å². The zero-order chi connectivity index (χ0) is 20.9. The van der Waals surface area contributed by atoms with Gasteiger partial charge in [-0.25, -0.2) is 12.7 Å². The van der Waals surface area contributed by atoms with Crippen LogP contribution in [0.5, 0.6) is 0 Å². The lowest BCUT2D eigenvalue weighted by Gasteiger charge is -2.27. The molecule has 1 aromatic rings. The van der Waals surface area contributed by atoms with E-state index in [2.05, 4.69) is 0 Å². The van der Waals surface area contributed by atoms with Crippen LogP contribution in [0.4, 0.5) is 13.2 Å². The van der Waals surface area contributed by atoms with E-state index in [1.54, 1.807) is 0 Å². The van der Waals surface area contributed by atoms with Crippen LogP contribution < -0.4 is 0 Å². The Morgan fingerprint density at radius 3 is 2.32 bits per heavy atom. The molecule has 0 radical (unpaired) electrons. The third kappa shape index (κ3) is 3.41. The van der Waals surface area contributed by atoms with Gasteiger partial charge < -0.3 is 4.90 Å². The summed E-state index contributed by atoms with van der Waals surface area (Å²) in [7, 11) is -3.84. The van der Waals surface area contributed by atoms with Gasteiger partial charge in [0.25, 0.3) is 5.91 Å². The normalized spacial score (nSPS) is 22.5. The molecule has 2 heterocycles. The number of carbonyl (C=O) groups is 2. The summed E-state index contributed by atoms with van der Waals surface area (Å²) in [5.41, 5.74) is -0.582. The number of hydrogen-bond acceptors (Lipinski definition) is 4. The van der Waals surface area contributed by atoms with Gasteiger partial charge in [-0.05, 0) is 36.8 Å². The number of hydrogen-bond donors (Lipinski definition) is 0. The van der Waals surface area contributed by atoms with Crippen LogP contribution in [0.15, 0.2) is 36.0 Å². The van der Waals surface area contributed by atoms with E-state index in [4.69, 9.17) is 0 Å². The Kier molecular flexibility index (Phi) is 5.03. The van der Waals surface area contributed by atoms with Gasteiger partial charge in [-0.15, -0.1) is 0 Å². The van der Waals surface area contributed by atoms with E-state index in [1.165, 1.54) is 11.0 Å². The number of carbonyl (C=O) groups excluding carboxylic acids is 2. The molecular weight excluding hydrogens is 397 g/mol. The van der Waals surface area contributed by atoms with Crippen molar-refractivity contribution in [2.24, 2.45) is 5.92 Å². The van der Waals surface area contributed by atoms with E-state index in [-0.39, 0.29) is 17.8 Å². The summed E-state index contributed by atoms with van der Waals surface area (Å²) >= 11 is 0. The minimum absolute atomic E-state index is 0.0446. The molecule has 1 aromatic carbocycles. The SMILES string of the molecule is CCC[C@H]1C(=O)N(S(C)(=O)=O)C2=CCN(C(=O)c3ccc(C(F)(F)F)cc3)[C@@H]21. The van der Waals surface area contributed by atoms with E-state index in [9.17, 15) is 31.2 Å². The van der Waals surface area contributed by atoms with Gasteiger partial charge in [0, 0.05) is 12.1 Å². The summed E-state index contributed by atoms with van der Waals surface area (Å²) < 4.78 is 63.1. The number of fused-ring (bicyclic) bond motifs is 1. The predicted octanol–water partition coefficient (Wildman–Crippen LogP) is 2.63. The summed E-state index contributed by atoms with van der Waals surface area (Å²) in [5.74, 6) is -1.83. The monoisotopic (exact) mass is 416 g/mol. The second-order valence-electron chi connectivity index (χ2n) is 6.87. The molecule has 6 nitrogen and oxygen atoms in total. The Bertz CT molecular complexity index is 939. The molecule has 28 heavy (non-hydrogen) atoms. The summed E-state index contributed by atoms with van der Waals surface area (Å²) in [6.07, 6.45) is -1.06. The Morgan fingerprint density at radius 1 is 1.21 bits per heavy atom. The topological polar surface area (TPSA) is 74.8 Å². The molecule has 0 aliphatic carbocycles. The molecule has 1 saturated heterocycles. The Morgan fingerprint density at radius 2 is 1.82 bits per heavy atom. The second-order valence-corrected chi connectivity index (χ2v) is 8.70. The van der Waals surface area contributed by atoms with Crippen LogP contribution in [-0.4, -0.2) is 48.3 Å². The number of alkyl halides is 3. The third-order valence-corrected chi connectivity index (χ3v) is 5.97. The Hall–Kier alpha value is -2.36. The molecular formula is C18H19F3N2O4S. The van der Waals surface area contributed by atoms with Crippen LogP contribution in [0, 0.1) is 5.92 Å². The second kappa shape index (κ2) is 6.91. The first-order valence-corrected chi connectivity index (χ1v) is 10.5. The smallest absolute Gasteiger partial charge is 0.325 e. The molecule has 2 atom stereocenters. The fraction of sp³-hybridized carbons (Fsp3) is 0.444. The Labute approximate surface area is 160 Å². The highest BCUT2D eigenvalue weighted by molar-refractivity contribution is 7.89. The maximum absolute atomic E-state index is 12.9. The fourth-order valence-corrected chi connectivity index (χ4v) is 4.78. The molecule has 0 saturated carbocycles. The summed E-state index contributed by atoms with van der Waals surface area (Å²) in [5, 5.41) is 0. The average Bonchev–Trinajstić information content (AvgIpc) is 3.12. The highest BCUT2D eigenvalue weighted by Crippen LogP contribution is 2.40. The lowest BCUT2D eigenvalue weighted by atomic mass is 9.95. The minimum atomic E-state index is -4.51. The van der Waals surface area contributed by atoms with Crippen molar-refractivity contribution in [2.75, 3.05) is 12.8 Å². The van der Waals surface area contributed by atoms with Crippen molar-refractivity contribution in [3.63, 3.8) is 0 Å².